The quantitative estimate of drug-likeness (QED) is 0.866. The third-order valence-corrected chi connectivity index (χ3v) is 3.77. The molecule has 1 fully saturated rings. The molecule has 3 nitrogen and oxygen atoms in total. The van der Waals surface area contributed by atoms with E-state index in [0.29, 0.717) is 11.5 Å². The minimum absolute atomic E-state index is 0.180. The zero-order valence-corrected chi connectivity index (χ0v) is 13.0. The lowest BCUT2D eigenvalue weighted by molar-refractivity contribution is 0.172. The topological polar surface area (TPSA) is 35.5 Å². The molecule has 1 saturated heterocycles. The second-order valence-electron chi connectivity index (χ2n) is 7.15. The Bertz CT molecular complexity index is 399. The molecule has 2 unspecified atom stereocenters. The van der Waals surface area contributed by atoms with Gasteiger partial charge in [-0.2, -0.15) is 0 Å². The van der Waals surface area contributed by atoms with Crippen molar-refractivity contribution in [3.8, 4) is 0 Å². The third kappa shape index (κ3) is 4.89. The van der Waals surface area contributed by atoms with Gasteiger partial charge in [-0.15, -0.1) is 0 Å². The first-order chi connectivity index (χ1) is 9.44. The number of rotatable bonds is 5. The van der Waals surface area contributed by atoms with Gasteiger partial charge < -0.3 is 10.4 Å². The molecule has 0 bridgehead atoms. The number of hydrogen-bond acceptors (Lipinski definition) is 3. The van der Waals surface area contributed by atoms with Gasteiger partial charge in [0.2, 0.25) is 0 Å². The number of aliphatic hydroxyl groups excluding tert-OH is 1. The molecular formula is C17H28N2O. The number of nitrogens with zero attached hydrogens (tertiary/aromatic N) is 1. The van der Waals surface area contributed by atoms with E-state index in [9.17, 15) is 5.11 Å². The molecule has 0 aliphatic carbocycles. The molecule has 1 aromatic carbocycles. The predicted octanol–water partition coefficient (Wildman–Crippen LogP) is 2.26. The summed E-state index contributed by atoms with van der Waals surface area (Å²) in [6.07, 6.45) is 0.699. The van der Waals surface area contributed by atoms with Crippen LogP contribution in [0.1, 0.15) is 32.8 Å². The Kier molecular flexibility index (Phi) is 5.19. The Balaban J connectivity index is 1.86. The highest BCUT2D eigenvalue weighted by Gasteiger charge is 2.30. The van der Waals surface area contributed by atoms with Gasteiger partial charge in [0.25, 0.3) is 0 Å². The minimum atomic E-state index is -0.180. The van der Waals surface area contributed by atoms with Crippen molar-refractivity contribution in [1.29, 1.82) is 0 Å². The maximum atomic E-state index is 9.94. The van der Waals surface area contributed by atoms with Crippen LogP contribution in [0.25, 0.3) is 0 Å². The van der Waals surface area contributed by atoms with Crippen molar-refractivity contribution >= 4 is 0 Å². The van der Waals surface area contributed by atoms with Gasteiger partial charge in [0.05, 0.1) is 6.10 Å². The lowest BCUT2D eigenvalue weighted by Gasteiger charge is -2.26. The number of likely N-dealkylation sites (tertiary alicyclic amines) is 1. The van der Waals surface area contributed by atoms with E-state index >= 15 is 0 Å². The maximum absolute atomic E-state index is 9.94. The van der Waals surface area contributed by atoms with Gasteiger partial charge in [0.1, 0.15) is 0 Å². The zero-order valence-electron chi connectivity index (χ0n) is 13.0. The summed E-state index contributed by atoms with van der Waals surface area (Å²) in [4.78, 5) is 2.40. The SMILES string of the molecule is CC(C)(C)CNCC1CC(O)CN1Cc1ccccc1. The second-order valence-corrected chi connectivity index (χ2v) is 7.15. The van der Waals surface area contributed by atoms with Crippen LogP contribution in [0, 0.1) is 5.41 Å². The molecule has 0 saturated carbocycles. The van der Waals surface area contributed by atoms with Gasteiger partial charge in [-0.1, -0.05) is 51.1 Å². The molecule has 0 aromatic heterocycles. The highest BCUT2D eigenvalue weighted by Crippen LogP contribution is 2.20. The monoisotopic (exact) mass is 276 g/mol. The van der Waals surface area contributed by atoms with E-state index in [1.54, 1.807) is 0 Å². The van der Waals surface area contributed by atoms with Crippen molar-refractivity contribution in [1.82, 2.24) is 10.2 Å². The van der Waals surface area contributed by atoms with Gasteiger partial charge >= 0.3 is 0 Å². The first-order valence-corrected chi connectivity index (χ1v) is 7.61. The van der Waals surface area contributed by atoms with E-state index < -0.39 is 0 Å². The van der Waals surface area contributed by atoms with Gasteiger partial charge in [-0.25, -0.2) is 0 Å². The summed E-state index contributed by atoms with van der Waals surface area (Å²) in [6.45, 7) is 10.4. The molecule has 1 aliphatic heterocycles. The highest BCUT2D eigenvalue weighted by molar-refractivity contribution is 5.15. The van der Waals surface area contributed by atoms with Crippen LogP contribution in [-0.2, 0) is 6.54 Å². The average Bonchev–Trinajstić information content (AvgIpc) is 2.69. The number of β-amino-alcohol motifs (C(OH)–C–C–N with tert-alkyl or cyclic N) is 1. The molecule has 2 N–H and O–H groups in total. The molecular weight excluding hydrogens is 248 g/mol. The van der Waals surface area contributed by atoms with E-state index in [4.69, 9.17) is 0 Å². The lowest BCUT2D eigenvalue weighted by atomic mass is 9.97. The van der Waals surface area contributed by atoms with Gasteiger partial charge in [-0.3, -0.25) is 4.90 Å². The van der Waals surface area contributed by atoms with E-state index in [0.717, 1.165) is 32.6 Å². The summed E-state index contributed by atoms with van der Waals surface area (Å²) in [6, 6.07) is 11.0. The normalized spacial score (nSPS) is 24.2. The molecule has 1 aliphatic rings. The minimum Gasteiger partial charge on any atom is -0.392 e. The summed E-state index contributed by atoms with van der Waals surface area (Å²) in [5.41, 5.74) is 1.63. The fourth-order valence-corrected chi connectivity index (χ4v) is 2.80. The third-order valence-electron chi connectivity index (χ3n) is 3.77. The standard InChI is InChI=1S/C17H28N2O/c1-17(2,3)13-18-10-15-9-16(20)12-19(15)11-14-7-5-4-6-8-14/h4-8,15-16,18,20H,9-13H2,1-3H3. The molecule has 112 valence electrons. The summed E-state index contributed by atoms with van der Waals surface area (Å²) in [5, 5.41) is 13.5. The van der Waals surface area contributed by atoms with Crippen LogP contribution in [0.4, 0.5) is 0 Å². The lowest BCUT2D eigenvalue weighted by Crippen LogP contribution is -2.40. The summed E-state index contributed by atoms with van der Waals surface area (Å²) in [5.74, 6) is 0. The van der Waals surface area contributed by atoms with Gasteiger partial charge in [0.15, 0.2) is 0 Å². The Morgan fingerprint density at radius 1 is 1.25 bits per heavy atom. The van der Waals surface area contributed by atoms with E-state index in [1.165, 1.54) is 5.56 Å². The number of nitrogens with one attached hydrogen (secondary N) is 1. The molecule has 1 heterocycles. The van der Waals surface area contributed by atoms with Gasteiger partial charge in [0, 0.05) is 32.2 Å². The van der Waals surface area contributed by atoms with Crippen LogP contribution < -0.4 is 5.32 Å². The predicted molar refractivity (Wildman–Crippen MR) is 83.6 cm³/mol. The van der Waals surface area contributed by atoms with Crippen molar-refractivity contribution in [2.24, 2.45) is 5.41 Å². The second kappa shape index (κ2) is 6.70. The van der Waals surface area contributed by atoms with E-state index in [2.05, 4.69) is 55.3 Å². The van der Waals surface area contributed by atoms with Gasteiger partial charge in [-0.05, 0) is 17.4 Å². The molecule has 0 spiro atoms. The molecule has 2 rings (SSSR count). The number of hydrogen-bond donors (Lipinski definition) is 2. The van der Waals surface area contributed by atoms with Crippen molar-refractivity contribution in [3.63, 3.8) is 0 Å². The first kappa shape index (κ1) is 15.5. The fourth-order valence-electron chi connectivity index (χ4n) is 2.80. The van der Waals surface area contributed by atoms with Crippen LogP contribution in [-0.4, -0.2) is 41.8 Å². The highest BCUT2D eigenvalue weighted by atomic mass is 16.3. The molecule has 0 amide bonds. The molecule has 20 heavy (non-hydrogen) atoms. The average molecular weight is 276 g/mol. The van der Waals surface area contributed by atoms with E-state index in [1.807, 2.05) is 6.07 Å². The van der Waals surface area contributed by atoms with Crippen molar-refractivity contribution in [2.75, 3.05) is 19.6 Å². The summed E-state index contributed by atoms with van der Waals surface area (Å²) >= 11 is 0. The first-order valence-electron chi connectivity index (χ1n) is 7.61. The zero-order chi connectivity index (χ0) is 14.6. The number of benzene rings is 1. The molecule has 2 atom stereocenters. The van der Waals surface area contributed by atoms with Crippen molar-refractivity contribution in [3.05, 3.63) is 35.9 Å². The Morgan fingerprint density at radius 3 is 2.60 bits per heavy atom. The van der Waals surface area contributed by atoms with Crippen LogP contribution in [0.3, 0.4) is 0 Å². The van der Waals surface area contributed by atoms with Crippen LogP contribution in [0.2, 0.25) is 0 Å². The van der Waals surface area contributed by atoms with Crippen LogP contribution >= 0.6 is 0 Å². The van der Waals surface area contributed by atoms with Crippen LogP contribution in [0.15, 0.2) is 30.3 Å². The maximum Gasteiger partial charge on any atom is 0.0682 e. The Labute approximate surface area is 123 Å². The summed E-state index contributed by atoms with van der Waals surface area (Å²) in [7, 11) is 0. The molecule has 3 heteroatoms. The van der Waals surface area contributed by atoms with Crippen LogP contribution in [0.5, 0.6) is 0 Å². The smallest absolute Gasteiger partial charge is 0.0682 e. The molecule has 0 radical (unpaired) electrons. The summed E-state index contributed by atoms with van der Waals surface area (Å²) < 4.78 is 0. The largest absolute Gasteiger partial charge is 0.392 e. The Hall–Kier alpha value is -0.900. The van der Waals surface area contributed by atoms with Crippen molar-refractivity contribution < 1.29 is 5.11 Å². The van der Waals surface area contributed by atoms with E-state index in [-0.39, 0.29) is 6.10 Å². The number of aliphatic hydroxyl groups is 1. The molecule has 1 aromatic rings. The fraction of sp³-hybridized carbons (Fsp3) is 0.647. The Morgan fingerprint density at radius 2 is 1.95 bits per heavy atom. The van der Waals surface area contributed by atoms with Crippen molar-refractivity contribution in [2.45, 2.75) is 45.9 Å².